The molecule has 1 unspecified atom stereocenters. The lowest BCUT2D eigenvalue weighted by Crippen LogP contribution is -2.11. The van der Waals surface area contributed by atoms with Crippen molar-refractivity contribution < 1.29 is 19.1 Å². The number of carbonyl (C=O) groups excluding carboxylic acids is 2. The van der Waals surface area contributed by atoms with Crippen LogP contribution in [0.25, 0.3) is 0 Å². The Morgan fingerprint density at radius 2 is 1.65 bits per heavy atom. The van der Waals surface area contributed by atoms with Crippen molar-refractivity contribution in [2.75, 3.05) is 7.11 Å². The molecule has 0 aliphatic heterocycles. The van der Waals surface area contributed by atoms with Crippen LogP contribution in [-0.2, 0) is 19.1 Å². The molecule has 0 spiro atoms. The summed E-state index contributed by atoms with van der Waals surface area (Å²) in [6.07, 6.45) is 6.69. The highest BCUT2D eigenvalue weighted by Gasteiger charge is 2.04. The second-order valence-electron chi connectivity index (χ2n) is 4.30. The number of carbonyl (C=O) groups is 2. The number of methoxy groups -OCH3 is 1. The van der Waals surface area contributed by atoms with Crippen molar-refractivity contribution in [2.45, 2.75) is 64.9 Å². The zero-order chi connectivity index (χ0) is 13.1. The van der Waals surface area contributed by atoms with E-state index in [1.165, 1.54) is 14.0 Å². The summed E-state index contributed by atoms with van der Waals surface area (Å²) in [6.45, 7) is 3.35. The van der Waals surface area contributed by atoms with E-state index in [1.54, 1.807) is 0 Å². The smallest absolute Gasteiger partial charge is 0.305 e. The van der Waals surface area contributed by atoms with Crippen molar-refractivity contribution in [1.29, 1.82) is 0 Å². The van der Waals surface area contributed by atoms with E-state index in [1.807, 2.05) is 6.92 Å². The SMILES string of the molecule is COC(=O)CCCCCCCC(C)OC(C)=O. The van der Waals surface area contributed by atoms with Gasteiger partial charge in [-0.2, -0.15) is 0 Å². The van der Waals surface area contributed by atoms with Gasteiger partial charge in [-0.3, -0.25) is 9.59 Å². The van der Waals surface area contributed by atoms with Crippen LogP contribution in [0, 0.1) is 0 Å². The third-order valence-corrected chi connectivity index (χ3v) is 2.59. The molecule has 0 rings (SSSR count). The average molecular weight is 244 g/mol. The molecule has 1 atom stereocenters. The first-order chi connectivity index (χ1) is 8.06. The monoisotopic (exact) mass is 244 g/mol. The molecule has 0 radical (unpaired) electrons. The first-order valence-corrected chi connectivity index (χ1v) is 6.30. The Bertz CT molecular complexity index is 225. The fraction of sp³-hybridized carbons (Fsp3) is 0.846. The van der Waals surface area contributed by atoms with Crippen molar-refractivity contribution in [3.05, 3.63) is 0 Å². The lowest BCUT2D eigenvalue weighted by Gasteiger charge is -2.10. The molecule has 0 aromatic heterocycles. The zero-order valence-electron chi connectivity index (χ0n) is 11.2. The Morgan fingerprint density at radius 3 is 2.24 bits per heavy atom. The van der Waals surface area contributed by atoms with Crippen LogP contribution in [0.4, 0.5) is 0 Å². The second-order valence-corrected chi connectivity index (χ2v) is 4.30. The molecular weight excluding hydrogens is 220 g/mol. The van der Waals surface area contributed by atoms with Crippen LogP contribution >= 0.6 is 0 Å². The average Bonchev–Trinajstić information content (AvgIpc) is 2.26. The quantitative estimate of drug-likeness (QED) is 0.462. The topological polar surface area (TPSA) is 52.6 Å². The van der Waals surface area contributed by atoms with Crippen LogP contribution in [-0.4, -0.2) is 25.2 Å². The van der Waals surface area contributed by atoms with Gasteiger partial charge in [0.25, 0.3) is 0 Å². The molecule has 100 valence electrons. The Labute approximate surface area is 104 Å². The van der Waals surface area contributed by atoms with Gasteiger partial charge in [-0.15, -0.1) is 0 Å². The van der Waals surface area contributed by atoms with Crippen molar-refractivity contribution >= 4 is 11.9 Å². The molecule has 0 fully saturated rings. The largest absolute Gasteiger partial charge is 0.469 e. The van der Waals surface area contributed by atoms with Gasteiger partial charge < -0.3 is 9.47 Å². The van der Waals surface area contributed by atoms with E-state index >= 15 is 0 Å². The molecule has 0 saturated heterocycles. The van der Waals surface area contributed by atoms with Gasteiger partial charge >= 0.3 is 11.9 Å². The molecule has 0 heterocycles. The lowest BCUT2D eigenvalue weighted by molar-refractivity contribution is -0.145. The van der Waals surface area contributed by atoms with E-state index in [9.17, 15) is 9.59 Å². The number of hydrogen-bond donors (Lipinski definition) is 0. The number of esters is 2. The molecule has 4 nitrogen and oxygen atoms in total. The first-order valence-electron chi connectivity index (χ1n) is 6.30. The fourth-order valence-corrected chi connectivity index (χ4v) is 1.68. The highest BCUT2D eigenvalue weighted by Crippen LogP contribution is 2.10. The van der Waals surface area contributed by atoms with Crippen molar-refractivity contribution in [3.8, 4) is 0 Å². The number of ether oxygens (including phenoxy) is 2. The number of rotatable bonds is 9. The highest BCUT2D eigenvalue weighted by molar-refractivity contribution is 5.68. The van der Waals surface area contributed by atoms with Gasteiger partial charge in [-0.25, -0.2) is 0 Å². The summed E-state index contributed by atoms with van der Waals surface area (Å²) in [5.74, 6) is -0.343. The summed E-state index contributed by atoms with van der Waals surface area (Å²) in [5, 5.41) is 0. The molecule has 0 saturated carbocycles. The Hall–Kier alpha value is -1.06. The minimum Gasteiger partial charge on any atom is -0.469 e. The van der Waals surface area contributed by atoms with Gasteiger partial charge in [-0.05, 0) is 26.2 Å². The van der Waals surface area contributed by atoms with E-state index in [0.717, 1.165) is 38.5 Å². The molecule has 0 aliphatic carbocycles. The van der Waals surface area contributed by atoms with Crippen LogP contribution in [0.15, 0.2) is 0 Å². The maximum absolute atomic E-state index is 10.8. The van der Waals surface area contributed by atoms with E-state index in [2.05, 4.69) is 4.74 Å². The Balaban J connectivity index is 3.23. The minimum absolute atomic E-state index is 0.0163. The molecule has 0 aromatic rings. The van der Waals surface area contributed by atoms with Crippen molar-refractivity contribution in [1.82, 2.24) is 0 Å². The van der Waals surface area contributed by atoms with Gasteiger partial charge in [0.15, 0.2) is 0 Å². The predicted octanol–water partition coefficient (Wildman–Crippen LogP) is 2.84. The Morgan fingerprint density at radius 1 is 1.06 bits per heavy atom. The van der Waals surface area contributed by atoms with Gasteiger partial charge in [0.1, 0.15) is 0 Å². The zero-order valence-corrected chi connectivity index (χ0v) is 11.2. The molecule has 0 aliphatic rings. The summed E-state index contributed by atoms with van der Waals surface area (Å²) in [6, 6.07) is 0. The summed E-state index contributed by atoms with van der Waals surface area (Å²) in [5.41, 5.74) is 0. The van der Waals surface area contributed by atoms with Crippen molar-refractivity contribution in [2.24, 2.45) is 0 Å². The predicted molar refractivity (Wildman–Crippen MR) is 65.6 cm³/mol. The van der Waals surface area contributed by atoms with Crippen LogP contribution in [0.3, 0.4) is 0 Å². The van der Waals surface area contributed by atoms with Crippen molar-refractivity contribution in [3.63, 3.8) is 0 Å². The van der Waals surface area contributed by atoms with Crippen LogP contribution < -0.4 is 0 Å². The third kappa shape index (κ3) is 11.2. The first kappa shape index (κ1) is 15.9. The lowest BCUT2D eigenvalue weighted by atomic mass is 10.1. The highest BCUT2D eigenvalue weighted by atomic mass is 16.5. The van der Waals surface area contributed by atoms with E-state index in [0.29, 0.717) is 6.42 Å². The van der Waals surface area contributed by atoms with Crippen LogP contribution in [0.5, 0.6) is 0 Å². The molecule has 4 heteroatoms. The number of hydrogen-bond acceptors (Lipinski definition) is 4. The summed E-state index contributed by atoms with van der Waals surface area (Å²) >= 11 is 0. The van der Waals surface area contributed by atoms with Gasteiger partial charge in [-0.1, -0.05) is 19.3 Å². The molecule has 0 bridgehead atoms. The Kier molecular flexibility index (Phi) is 9.49. The normalized spacial score (nSPS) is 11.9. The molecule has 0 N–H and O–H groups in total. The fourth-order valence-electron chi connectivity index (χ4n) is 1.68. The molecular formula is C13H24O4. The van der Waals surface area contributed by atoms with Gasteiger partial charge in [0.2, 0.25) is 0 Å². The summed E-state index contributed by atoms with van der Waals surface area (Å²) < 4.78 is 9.58. The van der Waals surface area contributed by atoms with Crippen LogP contribution in [0.2, 0.25) is 0 Å². The molecule has 0 amide bonds. The maximum atomic E-state index is 10.8. The van der Waals surface area contributed by atoms with E-state index in [4.69, 9.17) is 4.74 Å². The third-order valence-electron chi connectivity index (χ3n) is 2.59. The minimum atomic E-state index is -0.212. The van der Waals surface area contributed by atoms with Crippen LogP contribution in [0.1, 0.15) is 58.8 Å². The second kappa shape index (κ2) is 10.1. The summed E-state index contributed by atoms with van der Waals surface area (Å²) in [7, 11) is 1.42. The van der Waals surface area contributed by atoms with Gasteiger partial charge in [0.05, 0.1) is 13.2 Å². The van der Waals surface area contributed by atoms with E-state index in [-0.39, 0.29) is 18.0 Å². The maximum Gasteiger partial charge on any atom is 0.305 e. The molecule has 17 heavy (non-hydrogen) atoms. The number of unbranched alkanes of at least 4 members (excludes halogenated alkanes) is 4. The standard InChI is InChI=1S/C13H24O4/c1-11(17-12(2)14)9-7-5-4-6-8-10-13(15)16-3/h11H,4-10H2,1-3H3. The van der Waals surface area contributed by atoms with Gasteiger partial charge in [0, 0.05) is 13.3 Å². The summed E-state index contributed by atoms with van der Waals surface area (Å²) in [4.78, 5) is 21.5. The molecule has 0 aromatic carbocycles. The van der Waals surface area contributed by atoms with E-state index < -0.39 is 0 Å².